The van der Waals surface area contributed by atoms with Crippen LogP contribution >= 0.6 is 15.9 Å². The molecule has 0 spiro atoms. The highest BCUT2D eigenvalue weighted by molar-refractivity contribution is 9.10. The van der Waals surface area contributed by atoms with E-state index in [2.05, 4.69) is 26.1 Å². The summed E-state index contributed by atoms with van der Waals surface area (Å²) in [6.45, 7) is 0. The molecule has 0 atom stereocenters. The maximum Gasteiger partial charge on any atom is 0.261 e. The van der Waals surface area contributed by atoms with Gasteiger partial charge in [0.05, 0.1) is 0 Å². The first-order valence-corrected chi connectivity index (χ1v) is 4.40. The number of benzene rings is 1. The SMILES string of the molecule is Nc1noc(-c2cccc(Br)c2)n1. The Morgan fingerprint density at radius 1 is 1.38 bits per heavy atom. The molecule has 0 unspecified atom stereocenters. The highest BCUT2D eigenvalue weighted by Crippen LogP contribution is 2.21. The van der Waals surface area contributed by atoms with Crippen LogP contribution in [0.5, 0.6) is 0 Å². The van der Waals surface area contributed by atoms with E-state index in [4.69, 9.17) is 10.3 Å². The lowest BCUT2D eigenvalue weighted by atomic mass is 10.2. The molecule has 5 heteroatoms. The first-order valence-electron chi connectivity index (χ1n) is 3.61. The summed E-state index contributed by atoms with van der Waals surface area (Å²) in [6, 6.07) is 7.56. The molecule has 0 aliphatic rings. The van der Waals surface area contributed by atoms with Crippen LogP contribution in [0.25, 0.3) is 11.5 Å². The molecule has 0 saturated carbocycles. The van der Waals surface area contributed by atoms with Gasteiger partial charge < -0.3 is 10.3 Å². The van der Waals surface area contributed by atoms with E-state index in [0.29, 0.717) is 5.89 Å². The van der Waals surface area contributed by atoms with Crippen LogP contribution in [0.4, 0.5) is 5.95 Å². The molecular weight excluding hydrogens is 234 g/mol. The second-order valence-electron chi connectivity index (χ2n) is 2.47. The van der Waals surface area contributed by atoms with Crippen molar-refractivity contribution in [3.05, 3.63) is 28.7 Å². The fraction of sp³-hybridized carbons (Fsp3) is 0. The van der Waals surface area contributed by atoms with Crippen molar-refractivity contribution in [2.45, 2.75) is 0 Å². The molecule has 4 nitrogen and oxygen atoms in total. The molecule has 2 aromatic rings. The standard InChI is InChI=1S/C8H6BrN3O/c9-6-3-1-2-5(4-6)7-11-8(10)12-13-7/h1-4H,(H2,10,12). The van der Waals surface area contributed by atoms with Gasteiger partial charge in [-0.25, -0.2) is 0 Å². The summed E-state index contributed by atoms with van der Waals surface area (Å²) in [5, 5.41) is 3.50. The number of nitrogen functional groups attached to an aromatic ring is 1. The molecule has 66 valence electrons. The van der Waals surface area contributed by atoms with Crippen LogP contribution in [0.1, 0.15) is 0 Å². The Hall–Kier alpha value is -1.36. The number of aromatic nitrogens is 2. The Morgan fingerprint density at radius 3 is 2.85 bits per heavy atom. The van der Waals surface area contributed by atoms with E-state index in [9.17, 15) is 0 Å². The fourth-order valence-corrected chi connectivity index (χ4v) is 1.37. The lowest BCUT2D eigenvalue weighted by Crippen LogP contribution is -1.85. The van der Waals surface area contributed by atoms with Gasteiger partial charge in [0.1, 0.15) is 0 Å². The van der Waals surface area contributed by atoms with Crippen molar-refractivity contribution in [1.82, 2.24) is 10.1 Å². The average molecular weight is 240 g/mol. The maximum atomic E-state index is 5.33. The van der Waals surface area contributed by atoms with E-state index in [1.807, 2.05) is 24.3 Å². The van der Waals surface area contributed by atoms with Crippen LogP contribution in [0, 0.1) is 0 Å². The number of hydrogen-bond donors (Lipinski definition) is 1. The molecule has 1 aromatic heterocycles. The summed E-state index contributed by atoms with van der Waals surface area (Å²) >= 11 is 3.35. The molecule has 0 fully saturated rings. The minimum absolute atomic E-state index is 0.148. The molecule has 1 aromatic carbocycles. The molecule has 2 rings (SSSR count). The van der Waals surface area contributed by atoms with Gasteiger partial charge in [-0.15, -0.1) is 0 Å². The van der Waals surface area contributed by atoms with Gasteiger partial charge in [0, 0.05) is 10.0 Å². The third kappa shape index (κ3) is 1.70. The summed E-state index contributed by atoms with van der Waals surface area (Å²) in [6.07, 6.45) is 0. The third-order valence-corrected chi connectivity index (χ3v) is 2.01. The van der Waals surface area contributed by atoms with Crippen LogP contribution in [-0.2, 0) is 0 Å². The van der Waals surface area contributed by atoms with Crippen LogP contribution < -0.4 is 5.73 Å². The smallest absolute Gasteiger partial charge is 0.261 e. The van der Waals surface area contributed by atoms with Gasteiger partial charge in [0.25, 0.3) is 11.8 Å². The van der Waals surface area contributed by atoms with Gasteiger partial charge >= 0.3 is 0 Å². The molecule has 0 aliphatic carbocycles. The van der Waals surface area contributed by atoms with E-state index in [-0.39, 0.29) is 5.95 Å². The molecule has 0 saturated heterocycles. The summed E-state index contributed by atoms with van der Waals surface area (Å²) < 4.78 is 5.86. The summed E-state index contributed by atoms with van der Waals surface area (Å²) in [7, 11) is 0. The highest BCUT2D eigenvalue weighted by Gasteiger charge is 2.05. The summed E-state index contributed by atoms with van der Waals surface area (Å²) in [5.41, 5.74) is 6.17. The van der Waals surface area contributed by atoms with Crippen molar-refractivity contribution < 1.29 is 4.52 Å². The first-order chi connectivity index (χ1) is 6.25. The zero-order valence-corrected chi connectivity index (χ0v) is 8.15. The molecule has 0 aliphatic heterocycles. The average Bonchev–Trinajstić information content (AvgIpc) is 2.52. The predicted octanol–water partition coefficient (Wildman–Crippen LogP) is 2.08. The van der Waals surface area contributed by atoms with Crippen LogP contribution in [0.3, 0.4) is 0 Å². The van der Waals surface area contributed by atoms with E-state index in [1.54, 1.807) is 0 Å². The van der Waals surface area contributed by atoms with E-state index in [1.165, 1.54) is 0 Å². The van der Waals surface area contributed by atoms with Gasteiger partial charge in [0.2, 0.25) is 0 Å². The predicted molar refractivity (Wildman–Crippen MR) is 51.8 cm³/mol. The Labute approximate surface area is 82.9 Å². The second-order valence-corrected chi connectivity index (χ2v) is 3.38. The van der Waals surface area contributed by atoms with Gasteiger partial charge in [-0.3, -0.25) is 0 Å². The molecule has 2 N–H and O–H groups in total. The zero-order valence-electron chi connectivity index (χ0n) is 6.57. The Morgan fingerprint density at radius 2 is 2.23 bits per heavy atom. The van der Waals surface area contributed by atoms with Crippen molar-refractivity contribution >= 4 is 21.9 Å². The fourth-order valence-electron chi connectivity index (χ4n) is 0.974. The van der Waals surface area contributed by atoms with Gasteiger partial charge in [-0.1, -0.05) is 22.0 Å². The number of rotatable bonds is 1. The Bertz CT molecular complexity index is 427. The van der Waals surface area contributed by atoms with Crippen molar-refractivity contribution in [1.29, 1.82) is 0 Å². The lowest BCUT2D eigenvalue weighted by molar-refractivity contribution is 0.433. The van der Waals surface area contributed by atoms with Gasteiger partial charge in [-0.05, 0) is 23.4 Å². The zero-order chi connectivity index (χ0) is 9.26. The minimum Gasteiger partial charge on any atom is -0.365 e. The normalized spacial score (nSPS) is 10.2. The monoisotopic (exact) mass is 239 g/mol. The molecular formula is C8H6BrN3O. The van der Waals surface area contributed by atoms with Gasteiger partial charge in [-0.2, -0.15) is 4.98 Å². The molecule has 0 radical (unpaired) electrons. The van der Waals surface area contributed by atoms with Crippen molar-refractivity contribution in [2.75, 3.05) is 5.73 Å². The van der Waals surface area contributed by atoms with E-state index >= 15 is 0 Å². The number of nitrogens with zero attached hydrogens (tertiary/aromatic N) is 2. The Balaban J connectivity index is 2.46. The van der Waals surface area contributed by atoms with Crippen LogP contribution in [-0.4, -0.2) is 10.1 Å². The topological polar surface area (TPSA) is 64.9 Å². The number of anilines is 1. The summed E-state index contributed by atoms with van der Waals surface area (Å²) in [5.74, 6) is 0.578. The Kier molecular flexibility index (Phi) is 2.02. The van der Waals surface area contributed by atoms with Gasteiger partial charge in [0.15, 0.2) is 0 Å². The van der Waals surface area contributed by atoms with Crippen molar-refractivity contribution in [3.8, 4) is 11.5 Å². The van der Waals surface area contributed by atoms with E-state index in [0.717, 1.165) is 10.0 Å². The highest BCUT2D eigenvalue weighted by atomic mass is 79.9. The van der Waals surface area contributed by atoms with Crippen LogP contribution in [0.2, 0.25) is 0 Å². The summed E-state index contributed by atoms with van der Waals surface area (Å²) in [4.78, 5) is 3.90. The quantitative estimate of drug-likeness (QED) is 0.828. The molecule has 13 heavy (non-hydrogen) atoms. The van der Waals surface area contributed by atoms with E-state index < -0.39 is 0 Å². The third-order valence-electron chi connectivity index (χ3n) is 1.51. The molecule has 1 heterocycles. The number of halogens is 1. The first kappa shape index (κ1) is 8.25. The van der Waals surface area contributed by atoms with Crippen LogP contribution in [0.15, 0.2) is 33.3 Å². The number of nitrogens with two attached hydrogens (primary N) is 1. The second kappa shape index (κ2) is 3.18. The molecule has 0 bridgehead atoms. The van der Waals surface area contributed by atoms with Crippen molar-refractivity contribution in [3.63, 3.8) is 0 Å². The number of hydrogen-bond acceptors (Lipinski definition) is 4. The minimum atomic E-state index is 0.148. The molecule has 0 amide bonds. The lowest BCUT2D eigenvalue weighted by Gasteiger charge is -1.93. The largest absolute Gasteiger partial charge is 0.365 e. The maximum absolute atomic E-state index is 5.33. The van der Waals surface area contributed by atoms with Crippen molar-refractivity contribution in [2.24, 2.45) is 0 Å².